The highest BCUT2D eigenvalue weighted by Crippen LogP contribution is 2.25. The van der Waals surface area contributed by atoms with Crippen LogP contribution in [0.25, 0.3) is 16.7 Å². The molecule has 0 aliphatic rings. The Morgan fingerprint density at radius 3 is 1.98 bits per heavy atom. The van der Waals surface area contributed by atoms with E-state index < -0.39 is 5.97 Å². The summed E-state index contributed by atoms with van der Waals surface area (Å²) in [5.74, 6) is -1.46. The standard InChI is InChI=1S/C34H25N3O3/c38-33(31-17-9-10-22-35-31)37-30-16-8-7-15-28(30)32(27-13-5-2-6-14-27)36-23-29(34(39)40)26-20-18-25(19-21-26)24-11-3-1-4-12-24/h1-23H,(H,37,38)(H,39,40)/b29-23-,36-32?. The number of carboxylic acids is 1. The molecule has 0 atom stereocenters. The van der Waals surface area contributed by atoms with E-state index in [0.29, 0.717) is 22.5 Å². The zero-order chi connectivity index (χ0) is 27.7. The number of nitrogens with one attached hydrogen (secondary N) is 1. The number of anilines is 1. The zero-order valence-electron chi connectivity index (χ0n) is 21.4. The van der Waals surface area contributed by atoms with Gasteiger partial charge in [0.05, 0.1) is 17.0 Å². The first-order valence-electron chi connectivity index (χ1n) is 12.6. The molecule has 0 bridgehead atoms. The van der Waals surface area contributed by atoms with Crippen molar-refractivity contribution in [3.63, 3.8) is 0 Å². The first kappa shape index (κ1) is 26.0. The molecule has 2 N–H and O–H groups in total. The fourth-order valence-corrected chi connectivity index (χ4v) is 4.23. The van der Waals surface area contributed by atoms with Crippen LogP contribution < -0.4 is 5.32 Å². The Labute approximate surface area is 232 Å². The molecule has 0 saturated carbocycles. The van der Waals surface area contributed by atoms with Crippen molar-refractivity contribution in [2.24, 2.45) is 4.99 Å². The lowest BCUT2D eigenvalue weighted by molar-refractivity contribution is -0.130. The van der Waals surface area contributed by atoms with Gasteiger partial charge in [0.2, 0.25) is 0 Å². The number of para-hydroxylation sites is 1. The van der Waals surface area contributed by atoms with Crippen LogP contribution in [0.15, 0.2) is 145 Å². The van der Waals surface area contributed by atoms with Crippen LogP contribution in [0.2, 0.25) is 0 Å². The fourth-order valence-electron chi connectivity index (χ4n) is 4.23. The molecule has 1 amide bonds. The first-order chi connectivity index (χ1) is 19.6. The number of hydrogen-bond acceptors (Lipinski definition) is 4. The summed E-state index contributed by atoms with van der Waals surface area (Å²) in [5.41, 5.74) is 5.32. The van der Waals surface area contributed by atoms with Crippen LogP contribution in [0.4, 0.5) is 5.69 Å². The quantitative estimate of drug-likeness (QED) is 0.170. The van der Waals surface area contributed by atoms with Gasteiger partial charge < -0.3 is 10.4 Å². The number of carboxylic acid groups (broad SMARTS) is 1. The van der Waals surface area contributed by atoms with Crippen LogP contribution in [0.5, 0.6) is 0 Å². The molecule has 0 aliphatic carbocycles. The van der Waals surface area contributed by atoms with Crippen molar-refractivity contribution in [1.29, 1.82) is 0 Å². The maximum absolute atomic E-state index is 12.9. The van der Waals surface area contributed by atoms with Gasteiger partial charge in [-0.15, -0.1) is 0 Å². The third-order valence-electron chi connectivity index (χ3n) is 6.23. The Balaban J connectivity index is 1.55. The predicted octanol–water partition coefficient (Wildman–Crippen LogP) is 6.96. The Bertz CT molecular complexity index is 1680. The molecule has 0 fully saturated rings. The monoisotopic (exact) mass is 523 g/mol. The van der Waals surface area contributed by atoms with Crippen LogP contribution in [0, 0.1) is 0 Å². The van der Waals surface area contributed by atoms with E-state index in [-0.39, 0.29) is 17.2 Å². The summed E-state index contributed by atoms with van der Waals surface area (Å²) >= 11 is 0. The van der Waals surface area contributed by atoms with E-state index in [1.54, 1.807) is 42.6 Å². The lowest BCUT2D eigenvalue weighted by atomic mass is 9.99. The SMILES string of the molecule is O=C(O)/C(=C\N=C(c1ccccc1)c1ccccc1NC(=O)c1ccccn1)c1ccc(-c2ccccc2)cc1. The number of aliphatic carboxylic acids is 1. The minimum absolute atomic E-state index is 0.0445. The number of aromatic nitrogens is 1. The summed E-state index contributed by atoms with van der Waals surface area (Å²) in [5, 5.41) is 13.0. The van der Waals surface area contributed by atoms with E-state index in [0.717, 1.165) is 16.7 Å². The molecule has 0 unspecified atom stereocenters. The van der Waals surface area contributed by atoms with Gasteiger partial charge in [-0.2, -0.15) is 0 Å². The number of pyridine rings is 1. The number of amides is 1. The number of rotatable bonds is 8. The second kappa shape index (κ2) is 12.3. The highest BCUT2D eigenvalue weighted by atomic mass is 16.4. The Morgan fingerprint density at radius 1 is 0.675 bits per heavy atom. The van der Waals surface area contributed by atoms with Crippen LogP contribution in [0.1, 0.15) is 27.2 Å². The molecular formula is C34H25N3O3. The molecule has 6 nitrogen and oxygen atoms in total. The average molecular weight is 524 g/mol. The molecule has 6 heteroatoms. The highest BCUT2D eigenvalue weighted by Gasteiger charge is 2.16. The maximum atomic E-state index is 12.9. The van der Waals surface area contributed by atoms with E-state index in [1.165, 1.54) is 6.20 Å². The summed E-state index contributed by atoms with van der Waals surface area (Å²) in [6, 6.07) is 39.0. The summed E-state index contributed by atoms with van der Waals surface area (Å²) in [6.45, 7) is 0. The van der Waals surface area contributed by atoms with E-state index in [9.17, 15) is 14.7 Å². The molecule has 5 rings (SSSR count). The van der Waals surface area contributed by atoms with Crippen molar-refractivity contribution in [3.8, 4) is 11.1 Å². The number of benzene rings is 4. The second-order valence-electron chi connectivity index (χ2n) is 8.85. The van der Waals surface area contributed by atoms with Crippen molar-refractivity contribution < 1.29 is 14.7 Å². The van der Waals surface area contributed by atoms with Crippen molar-refractivity contribution in [1.82, 2.24) is 4.98 Å². The van der Waals surface area contributed by atoms with Gasteiger partial charge in [0.15, 0.2) is 0 Å². The summed E-state index contributed by atoms with van der Waals surface area (Å²) < 4.78 is 0. The lowest BCUT2D eigenvalue weighted by Crippen LogP contribution is -2.16. The third-order valence-corrected chi connectivity index (χ3v) is 6.23. The largest absolute Gasteiger partial charge is 0.478 e. The average Bonchev–Trinajstić information content (AvgIpc) is 3.01. The normalized spacial score (nSPS) is 11.6. The summed E-state index contributed by atoms with van der Waals surface area (Å²) in [7, 11) is 0. The van der Waals surface area contributed by atoms with Gasteiger partial charge in [-0.3, -0.25) is 14.8 Å². The van der Waals surface area contributed by atoms with E-state index in [2.05, 4.69) is 10.3 Å². The number of carbonyl (C=O) groups is 2. The molecular weight excluding hydrogens is 498 g/mol. The fraction of sp³-hybridized carbons (Fsp3) is 0. The maximum Gasteiger partial charge on any atom is 0.337 e. The zero-order valence-corrected chi connectivity index (χ0v) is 21.4. The van der Waals surface area contributed by atoms with Crippen LogP contribution in [-0.4, -0.2) is 27.7 Å². The van der Waals surface area contributed by atoms with Crippen LogP contribution in [0.3, 0.4) is 0 Å². The molecule has 0 aliphatic heterocycles. The molecule has 40 heavy (non-hydrogen) atoms. The van der Waals surface area contributed by atoms with Gasteiger partial charge in [0.1, 0.15) is 5.69 Å². The molecule has 5 aromatic rings. The highest BCUT2D eigenvalue weighted by molar-refractivity contribution is 6.20. The number of nitrogens with zero attached hydrogens (tertiary/aromatic N) is 2. The van der Waals surface area contributed by atoms with Crippen molar-refractivity contribution in [2.75, 3.05) is 5.32 Å². The van der Waals surface area contributed by atoms with E-state index >= 15 is 0 Å². The van der Waals surface area contributed by atoms with Crippen molar-refractivity contribution in [2.45, 2.75) is 0 Å². The smallest absolute Gasteiger partial charge is 0.337 e. The van der Waals surface area contributed by atoms with Gasteiger partial charge in [-0.05, 0) is 34.9 Å². The Morgan fingerprint density at radius 2 is 1.30 bits per heavy atom. The number of carbonyl (C=O) groups excluding carboxylic acids is 1. The summed E-state index contributed by atoms with van der Waals surface area (Å²) in [6.07, 6.45) is 2.92. The molecule has 0 radical (unpaired) electrons. The van der Waals surface area contributed by atoms with Crippen LogP contribution >= 0.6 is 0 Å². The number of aliphatic imine (C=N–C) groups is 1. The van der Waals surface area contributed by atoms with E-state index in [1.807, 2.05) is 91.0 Å². The number of hydrogen-bond donors (Lipinski definition) is 2. The van der Waals surface area contributed by atoms with Gasteiger partial charge in [0.25, 0.3) is 5.91 Å². The Hall–Kier alpha value is -5.62. The predicted molar refractivity (Wildman–Crippen MR) is 158 cm³/mol. The molecule has 194 valence electrons. The minimum Gasteiger partial charge on any atom is -0.478 e. The van der Waals surface area contributed by atoms with Gasteiger partial charge >= 0.3 is 5.97 Å². The van der Waals surface area contributed by atoms with E-state index in [4.69, 9.17) is 4.99 Å². The molecule has 4 aromatic carbocycles. The van der Waals surface area contributed by atoms with Crippen molar-refractivity contribution >= 4 is 28.8 Å². The molecule has 1 aromatic heterocycles. The van der Waals surface area contributed by atoms with Gasteiger partial charge in [0, 0.05) is 23.5 Å². The topological polar surface area (TPSA) is 91.6 Å². The first-order valence-corrected chi connectivity index (χ1v) is 12.6. The Kier molecular flexibility index (Phi) is 7.99. The minimum atomic E-state index is -1.10. The molecule has 0 spiro atoms. The van der Waals surface area contributed by atoms with Gasteiger partial charge in [-0.1, -0.05) is 109 Å². The molecule has 0 saturated heterocycles. The van der Waals surface area contributed by atoms with Gasteiger partial charge in [-0.25, -0.2) is 4.79 Å². The third kappa shape index (κ3) is 6.09. The summed E-state index contributed by atoms with van der Waals surface area (Å²) in [4.78, 5) is 34.0. The second-order valence-corrected chi connectivity index (χ2v) is 8.85. The lowest BCUT2D eigenvalue weighted by Gasteiger charge is -2.13. The van der Waals surface area contributed by atoms with Crippen molar-refractivity contribution in [3.05, 3.63) is 162 Å². The molecule has 1 heterocycles. The van der Waals surface area contributed by atoms with Crippen LogP contribution in [-0.2, 0) is 4.79 Å².